The van der Waals surface area contributed by atoms with E-state index in [2.05, 4.69) is 15.2 Å². The number of nitrogens with zero attached hydrogens (tertiary/aromatic N) is 5. The van der Waals surface area contributed by atoms with Crippen LogP contribution in [0.1, 0.15) is 62.2 Å². The van der Waals surface area contributed by atoms with Crippen molar-refractivity contribution in [1.29, 1.82) is 0 Å². The van der Waals surface area contributed by atoms with Gasteiger partial charge in [-0.2, -0.15) is 10.1 Å². The van der Waals surface area contributed by atoms with E-state index >= 15 is 0 Å². The number of hydrogen-bond acceptors (Lipinski definition) is 5. The average molecular weight is 315 g/mol. The molecule has 1 amide bonds. The van der Waals surface area contributed by atoms with E-state index in [1.54, 1.807) is 6.20 Å². The predicted molar refractivity (Wildman–Crippen MR) is 81.4 cm³/mol. The van der Waals surface area contributed by atoms with Crippen molar-refractivity contribution in [3.05, 3.63) is 30.2 Å². The first-order valence-electron chi connectivity index (χ1n) is 8.41. The second-order valence-electron chi connectivity index (χ2n) is 6.38. The molecule has 2 aromatic heterocycles. The van der Waals surface area contributed by atoms with Crippen molar-refractivity contribution in [1.82, 2.24) is 24.8 Å². The summed E-state index contributed by atoms with van der Waals surface area (Å²) >= 11 is 0. The zero-order valence-electron chi connectivity index (χ0n) is 13.1. The van der Waals surface area contributed by atoms with Crippen molar-refractivity contribution in [3.63, 3.8) is 0 Å². The van der Waals surface area contributed by atoms with Crippen LogP contribution in [-0.2, 0) is 11.3 Å². The Labute approximate surface area is 134 Å². The summed E-state index contributed by atoms with van der Waals surface area (Å²) in [5.41, 5.74) is 0. The number of amides is 1. The zero-order chi connectivity index (χ0) is 15.6. The molecular weight excluding hydrogens is 294 g/mol. The molecule has 1 saturated carbocycles. The SMILES string of the molecule is O=C(CCCn1cccn1)N1CCC[C@H]1c1noc(C2CC2)n1. The summed E-state index contributed by atoms with van der Waals surface area (Å²) in [5, 5.41) is 8.28. The molecule has 0 spiro atoms. The molecule has 0 aromatic carbocycles. The molecule has 3 heterocycles. The fourth-order valence-corrected chi connectivity index (χ4v) is 3.18. The monoisotopic (exact) mass is 315 g/mol. The van der Waals surface area contributed by atoms with E-state index < -0.39 is 0 Å². The van der Waals surface area contributed by atoms with Crippen LogP contribution in [0.4, 0.5) is 0 Å². The van der Waals surface area contributed by atoms with Crippen molar-refractivity contribution in [2.75, 3.05) is 6.54 Å². The molecule has 1 saturated heterocycles. The molecule has 0 unspecified atom stereocenters. The molecule has 2 aliphatic rings. The van der Waals surface area contributed by atoms with Crippen molar-refractivity contribution in [2.45, 2.75) is 57.0 Å². The van der Waals surface area contributed by atoms with Crippen LogP contribution in [0, 0.1) is 0 Å². The average Bonchev–Trinajstić information content (AvgIpc) is 3.02. The summed E-state index contributed by atoms with van der Waals surface area (Å²) in [7, 11) is 0. The van der Waals surface area contributed by atoms with E-state index in [-0.39, 0.29) is 11.9 Å². The van der Waals surface area contributed by atoms with Gasteiger partial charge in [0.25, 0.3) is 0 Å². The topological polar surface area (TPSA) is 77.0 Å². The quantitative estimate of drug-likeness (QED) is 0.817. The molecule has 23 heavy (non-hydrogen) atoms. The van der Waals surface area contributed by atoms with Gasteiger partial charge in [0.15, 0.2) is 5.82 Å². The summed E-state index contributed by atoms with van der Waals surface area (Å²) in [5.74, 6) is 2.07. The van der Waals surface area contributed by atoms with Gasteiger partial charge in [-0.1, -0.05) is 5.16 Å². The number of carbonyl (C=O) groups excluding carboxylic acids is 1. The van der Waals surface area contributed by atoms with E-state index in [9.17, 15) is 4.79 Å². The molecule has 1 aliphatic heterocycles. The highest BCUT2D eigenvalue weighted by atomic mass is 16.5. The molecule has 2 aromatic rings. The van der Waals surface area contributed by atoms with Crippen LogP contribution in [-0.4, -0.2) is 37.3 Å². The Morgan fingerprint density at radius 1 is 1.35 bits per heavy atom. The minimum atomic E-state index is -0.0107. The summed E-state index contributed by atoms with van der Waals surface area (Å²) in [6.45, 7) is 1.56. The number of aromatic nitrogens is 4. The van der Waals surface area contributed by atoms with Crippen LogP contribution in [0.25, 0.3) is 0 Å². The van der Waals surface area contributed by atoms with Crippen molar-refractivity contribution in [2.24, 2.45) is 0 Å². The van der Waals surface area contributed by atoms with Crippen LogP contribution in [0.15, 0.2) is 23.0 Å². The lowest BCUT2D eigenvalue weighted by molar-refractivity contribution is -0.132. The molecule has 0 bridgehead atoms. The Morgan fingerprint density at radius 3 is 3.04 bits per heavy atom. The van der Waals surface area contributed by atoms with E-state index in [4.69, 9.17) is 4.52 Å². The molecular formula is C16H21N5O2. The van der Waals surface area contributed by atoms with Gasteiger partial charge in [0.2, 0.25) is 11.8 Å². The molecule has 2 fully saturated rings. The Kier molecular flexibility index (Phi) is 3.85. The van der Waals surface area contributed by atoms with Crippen molar-refractivity contribution in [3.8, 4) is 0 Å². The first kappa shape index (κ1) is 14.4. The maximum absolute atomic E-state index is 12.5. The van der Waals surface area contributed by atoms with E-state index in [1.807, 2.05) is 21.8 Å². The highest BCUT2D eigenvalue weighted by Gasteiger charge is 2.35. The van der Waals surface area contributed by atoms with Gasteiger partial charge in [0.1, 0.15) is 0 Å². The van der Waals surface area contributed by atoms with Gasteiger partial charge in [-0.3, -0.25) is 9.48 Å². The van der Waals surface area contributed by atoms with Crippen molar-refractivity contribution < 1.29 is 9.32 Å². The van der Waals surface area contributed by atoms with Gasteiger partial charge in [0, 0.05) is 37.8 Å². The maximum atomic E-state index is 12.5. The minimum Gasteiger partial charge on any atom is -0.339 e. The van der Waals surface area contributed by atoms with E-state index in [1.165, 1.54) is 0 Å². The Morgan fingerprint density at radius 2 is 2.26 bits per heavy atom. The number of aryl methyl sites for hydroxylation is 1. The second kappa shape index (κ2) is 6.14. The molecule has 122 valence electrons. The lowest BCUT2D eigenvalue weighted by Gasteiger charge is -2.22. The minimum absolute atomic E-state index is 0.0107. The molecule has 4 rings (SSSR count). The normalized spacial score (nSPS) is 21.0. The number of rotatable bonds is 6. The van der Waals surface area contributed by atoms with Gasteiger partial charge >= 0.3 is 0 Å². The van der Waals surface area contributed by atoms with Crippen LogP contribution in [0.5, 0.6) is 0 Å². The van der Waals surface area contributed by atoms with Crippen LogP contribution >= 0.6 is 0 Å². The Bertz CT molecular complexity index is 662. The van der Waals surface area contributed by atoms with Gasteiger partial charge in [0.05, 0.1) is 6.04 Å². The lowest BCUT2D eigenvalue weighted by atomic mass is 10.2. The molecule has 1 aliphatic carbocycles. The standard InChI is InChI=1S/C16H21N5O2/c22-14(5-2-9-20-10-3-8-17-20)21-11-1-4-13(21)15-18-16(23-19-15)12-6-7-12/h3,8,10,12-13H,1-2,4-7,9,11H2/t13-/m0/s1. The maximum Gasteiger partial charge on any atom is 0.229 e. The van der Waals surface area contributed by atoms with Crippen LogP contribution < -0.4 is 0 Å². The fraction of sp³-hybridized carbons (Fsp3) is 0.625. The summed E-state index contributed by atoms with van der Waals surface area (Å²) in [4.78, 5) is 19.0. The third-order valence-corrected chi connectivity index (χ3v) is 4.59. The second-order valence-corrected chi connectivity index (χ2v) is 6.38. The summed E-state index contributed by atoms with van der Waals surface area (Å²) in [6.07, 6.45) is 9.21. The lowest BCUT2D eigenvalue weighted by Crippen LogP contribution is -2.31. The van der Waals surface area contributed by atoms with Crippen LogP contribution in [0.2, 0.25) is 0 Å². The fourth-order valence-electron chi connectivity index (χ4n) is 3.18. The molecule has 7 heteroatoms. The predicted octanol–water partition coefficient (Wildman–Crippen LogP) is 2.29. The Balaban J connectivity index is 1.35. The highest BCUT2D eigenvalue weighted by Crippen LogP contribution is 2.40. The van der Waals surface area contributed by atoms with Gasteiger partial charge < -0.3 is 9.42 Å². The Hall–Kier alpha value is -2.18. The van der Waals surface area contributed by atoms with Gasteiger partial charge in [-0.25, -0.2) is 0 Å². The largest absolute Gasteiger partial charge is 0.339 e. The molecule has 0 N–H and O–H groups in total. The third-order valence-electron chi connectivity index (χ3n) is 4.59. The zero-order valence-corrected chi connectivity index (χ0v) is 13.1. The van der Waals surface area contributed by atoms with Gasteiger partial charge in [-0.15, -0.1) is 0 Å². The number of likely N-dealkylation sites (tertiary alicyclic amines) is 1. The summed E-state index contributed by atoms with van der Waals surface area (Å²) < 4.78 is 7.21. The first-order chi connectivity index (χ1) is 11.3. The molecule has 7 nitrogen and oxygen atoms in total. The number of hydrogen-bond donors (Lipinski definition) is 0. The van der Waals surface area contributed by atoms with Gasteiger partial charge in [-0.05, 0) is 38.2 Å². The van der Waals surface area contributed by atoms with Crippen LogP contribution in [0.3, 0.4) is 0 Å². The first-order valence-corrected chi connectivity index (χ1v) is 8.41. The molecule has 0 radical (unpaired) electrons. The summed E-state index contributed by atoms with van der Waals surface area (Å²) in [6, 6.07) is 1.88. The third kappa shape index (κ3) is 3.13. The van der Waals surface area contributed by atoms with Crippen molar-refractivity contribution >= 4 is 5.91 Å². The smallest absolute Gasteiger partial charge is 0.229 e. The highest BCUT2D eigenvalue weighted by molar-refractivity contribution is 5.76. The molecule has 1 atom stereocenters. The van der Waals surface area contributed by atoms with E-state index in [0.29, 0.717) is 18.2 Å². The number of carbonyl (C=O) groups is 1. The van der Waals surface area contributed by atoms with E-state index in [0.717, 1.165) is 51.1 Å².